The largest absolute Gasteiger partial charge is 0.460 e. The zero-order valence-electron chi connectivity index (χ0n) is 19.6. The van der Waals surface area contributed by atoms with Gasteiger partial charge >= 0.3 is 43.5 Å². The van der Waals surface area contributed by atoms with Gasteiger partial charge in [0.25, 0.3) is 0 Å². The highest BCUT2D eigenvalue weighted by Gasteiger charge is 2.86. The number of alkyl halides is 9. The summed E-state index contributed by atoms with van der Waals surface area (Å²) in [6, 6.07) is 13.4. The zero-order chi connectivity index (χ0) is 30.4. The second-order valence-corrected chi connectivity index (χ2v) is 11.2. The summed E-state index contributed by atoms with van der Waals surface area (Å²) in [5.74, 6) is -16.8. The van der Waals surface area contributed by atoms with Crippen LogP contribution in [-0.4, -0.2) is 40.1 Å². The van der Waals surface area contributed by atoms with Gasteiger partial charge in [-0.25, -0.2) is 0 Å². The van der Waals surface area contributed by atoms with Crippen LogP contribution in [0, 0.1) is 6.92 Å². The number of hydrogen-bond donors (Lipinski definition) is 0. The summed E-state index contributed by atoms with van der Waals surface area (Å²) >= 11 is 0. The summed E-state index contributed by atoms with van der Waals surface area (Å²) in [4.78, 5) is -0.326. The van der Waals surface area contributed by atoms with Crippen LogP contribution in [0.3, 0.4) is 0 Å². The van der Waals surface area contributed by atoms with E-state index in [0.29, 0.717) is 11.6 Å². The lowest BCUT2D eigenvalue weighted by atomic mass is 10.0. The van der Waals surface area contributed by atoms with Crippen LogP contribution in [0.2, 0.25) is 0 Å². The maximum atomic E-state index is 14.2. The number of benzene rings is 3. The topological polar surface area (TPSA) is 86.7 Å². The Morgan fingerprint density at radius 1 is 0.575 bits per heavy atom. The molecule has 40 heavy (non-hydrogen) atoms. The van der Waals surface area contributed by atoms with Crippen LogP contribution in [0.15, 0.2) is 77.7 Å². The van der Waals surface area contributed by atoms with E-state index in [2.05, 4.69) is 4.18 Å². The van der Waals surface area contributed by atoms with E-state index in [0.717, 1.165) is 30.3 Å². The minimum atomic E-state index is -7.50. The first-order valence-corrected chi connectivity index (χ1v) is 13.3. The first kappa shape index (κ1) is 31.1. The SMILES string of the molecule is Cc1ccc(S(=O)(=O)Oc2ccccc2-c2ccccc2OS(=O)(=O)C(F)(F)C(F)(F)C(F)(F)C(F)(F)F)cc1. The third-order valence-corrected chi connectivity index (χ3v) is 7.73. The van der Waals surface area contributed by atoms with E-state index in [4.69, 9.17) is 4.18 Å². The number of rotatable bonds is 9. The van der Waals surface area contributed by atoms with Crippen molar-refractivity contribution in [3.63, 3.8) is 0 Å². The van der Waals surface area contributed by atoms with Crippen molar-refractivity contribution in [3.05, 3.63) is 78.4 Å². The highest BCUT2D eigenvalue weighted by molar-refractivity contribution is 7.88. The molecule has 17 heteroatoms. The molecule has 0 heterocycles. The molecule has 0 unspecified atom stereocenters. The highest BCUT2D eigenvalue weighted by atomic mass is 32.2. The third-order valence-electron chi connectivity index (χ3n) is 5.20. The molecule has 0 amide bonds. The fraction of sp³-hybridized carbons (Fsp3) is 0.217. The quantitative estimate of drug-likeness (QED) is 0.198. The molecule has 0 N–H and O–H groups in total. The second-order valence-electron chi connectivity index (χ2n) is 8.04. The van der Waals surface area contributed by atoms with E-state index in [9.17, 15) is 56.3 Å². The number of para-hydroxylation sites is 2. The van der Waals surface area contributed by atoms with Crippen molar-refractivity contribution in [2.75, 3.05) is 0 Å². The predicted octanol–water partition coefficient (Wildman–Crippen LogP) is 6.56. The number of hydrogen-bond acceptors (Lipinski definition) is 6. The Kier molecular flexibility index (Phi) is 7.90. The molecular weight excluding hydrogens is 607 g/mol. The Morgan fingerprint density at radius 2 is 1.00 bits per heavy atom. The Labute approximate surface area is 221 Å². The van der Waals surface area contributed by atoms with Gasteiger partial charge < -0.3 is 8.37 Å². The van der Waals surface area contributed by atoms with Gasteiger partial charge in [0.1, 0.15) is 4.90 Å². The summed E-state index contributed by atoms with van der Waals surface area (Å²) in [5, 5.41) is -7.10. The average molecular weight is 622 g/mol. The van der Waals surface area contributed by atoms with Gasteiger partial charge in [0, 0.05) is 11.1 Å². The maximum absolute atomic E-state index is 14.2. The van der Waals surface area contributed by atoms with Gasteiger partial charge in [-0.2, -0.15) is 56.3 Å². The first-order chi connectivity index (χ1) is 18.2. The third kappa shape index (κ3) is 5.43. The minimum Gasteiger partial charge on any atom is -0.378 e. The Balaban J connectivity index is 2.06. The number of aryl methyl sites for hydroxylation is 1. The standard InChI is InChI=1S/C23H15F9O6S2/c1-14-10-12-15(13-11-14)39(33,34)37-18-8-4-2-6-16(18)17-7-3-5-9-19(17)38-40(35,36)23(31,32)21(26,27)20(24,25)22(28,29)30/h2-13H,1H3. The molecule has 3 rings (SSSR count). The Morgan fingerprint density at radius 3 is 1.45 bits per heavy atom. The summed E-state index contributed by atoms with van der Waals surface area (Å²) in [7, 11) is -11.8. The molecule has 0 aliphatic rings. The van der Waals surface area contributed by atoms with Crippen molar-refractivity contribution in [3.8, 4) is 22.6 Å². The molecule has 3 aromatic carbocycles. The van der Waals surface area contributed by atoms with E-state index in [1.165, 1.54) is 36.4 Å². The van der Waals surface area contributed by atoms with Crippen molar-refractivity contribution in [1.82, 2.24) is 0 Å². The zero-order valence-corrected chi connectivity index (χ0v) is 21.2. The second kappa shape index (κ2) is 10.2. The van der Waals surface area contributed by atoms with Crippen molar-refractivity contribution in [2.24, 2.45) is 0 Å². The lowest BCUT2D eigenvalue weighted by Gasteiger charge is -2.32. The summed E-state index contributed by atoms with van der Waals surface area (Å²) in [6.45, 7) is 1.67. The summed E-state index contributed by atoms with van der Waals surface area (Å²) in [5.41, 5.74) is -0.274. The van der Waals surface area contributed by atoms with E-state index in [1.807, 2.05) is 0 Å². The van der Waals surface area contributed by atoms with Gasteiger partial charge in [0.15, 0.2) is 11.5 Å². The van der Waals surface area contributed by atoms with Gasteiger partial charge in [-0.05, 0) is 31.2 Å². The molecule has 6 nitrogen and oxygen atoms in total. The van der Waals surface area contributed by atoms with E-state index < -0.39 is 60.6 Å². The average Bonchev–Trinajstić information content (AvgIpc) is 2.83. The molecule has 0 radical (unpaired) electrons. The smallest absolute Gasteiger partial charge is 0.378 e. The Hall–Kier alpha value is -3.47. The van der Waals surface area contributed by atoms with Crippen LogP contribution in [0.1, 0.15) is 5.56 Å². The van der Waals surface area contributed by atoms with Crippen LogP contribution in [0.4, 0.5) is 39.5 Å². The van der Waals surface area contributed by atoms with E-state index in [-0.39, 0.29) is 10.5 Å². The number of halogens is 9. The normalized spacial score (nSPS) is 13.7. The van der Waals surface area contributed by atoms with Crippen molar-refractivity contribution in [1.29, 1.82) is 0 Å². The molecule has 0 aliphatic heterocycles. The van der Waals surface area contributed by atoms with Crippen LogP contribution >= 0.6 is 0 Å². The lowest BCUT2D eigenvalue weighted by Crippen LogP contribution is -2.63. The fourth-order valence-electron chi connectivity index (χ4n) is 3.08. The molecule has 0 spiro atoms. The van der Waals surface area contributed by atoms with Crippen LogP contribution in [0.5, 0.6) is 11.5 Å². The van der Waals surface area contributed by atoms with Crippen molar-refractivity contribution >= 4 is 20.2 Å². The predicted molar refractivity (Wildman–Crippen MR) is 121 cm³/mol. The molecule has 0 aromatic heterocycles. The van der Waals surface area contributed by atoms with E-state index in [1.54, 1.807) is 6.92 Å². The molecule has 0 atom stereocenters. The molecule has 0 saturated carbocycles. The summed E-state index contributed by atoms with van der Waals surface area (Å²) in [6.07, 6.45) is -7.26. The Bertz CT molecular complexity index is 1600. The lowest BCUT2D eigenvalue weighted by molar-refractivity contribution is -0.382. The fourth-order valence-corrected chi connectivity index (χ4v) is 4.96. The van der Waals surface area contributed by atoms with Gasteiger partial charge in [-0.3, -0.25) is 0 Å². The van der Waals surface area contributed by atoms with Crippen molar-refractivity contribution in [2.45, 2.75) is 35.1 Å². The molecule has 0 aliphatic carbocycles. The van der Waals surface area contributed by atoms with Gasteiger partial charge in [0.2, 0.25) is 0 Å². The molecule has 218 valence electrons. The van der Waals surface area contributed by atoms with Gasteiger partial charge in [-0.15, -0.1) is 0 Å². The summed E-state index contributed by atoms with van der Waals surface area (Å²) < 4.78 is 178. The molecule has 0 fully saturated rings. The van der Waals surface area contributed by atoms with Gasteiger partial charge in [-0.1, -0.05) is 54.1 Å². The van der Waals surface area contributed by atoms with Crippen molar-refractivity contribution < 1.29 is 64.7 Å². The molecule has 0 saturated heterocycles. The monoisotopic (exact) mass is 622 g/mol. The first-order valence-electron chi connectivity index (χ1n) is 10.5. The molecule has 3 aromatic rings. The maximum Gasteiger partial charge on any atom is 0.460 e. The van der Waals surface area contributed by atoms with Crippen LogP contribution < -0.4 is 8.37 Å². The molecular formula is C23H15F9O6S2. The van der Waals surface area contributed by atoms with Crippen LogP contribution in [-0.2, 0) is 20.2 Å². The van der Waals surface area contributed by atoms with Crippen LogP contribution in [0.25, 0.3) is 11.1 Å². The van der Waals surface area contributed by atoms with Gasteiger partial charge in [0.05, 0.1) is 0 Å². The van der Waals surface area contributed by atoms with E-state index >= 15 is 0 Å². The molecule has 0 bridgehead atoms. The highest BCUT2D eigenvalue weighted by Crippen LogP contribution is 2.55. The minimum absolute atomic E-state index is 0.326.